The smallest absolute Gasteiger partial charge is 0.295 e. The van der Waals surface area contributed by atoms with E-state index in [0.29, 0.717) is 12.1 Å². The molecule has 34 heavy (non-hydrogen) atoms. The van der Waals surface area contributed by atoms with Crippen molar-refractivity contribution in [2.75, 3.05) is 26.2 Å². The predicted octanol–water partition coefficient (Wildman–Crippen LogP) is 3.27. The van der Waals surface area contributed by atoms with Crippen LogP contribution in [-0.2, 0) is 9.59 Å². The molecule has 1 aliphatic heterocycles. The highest BCUT2D eigenvalue weighted by Crippen LogP contribution is 2.40. The summed E-state index contributed by atoms with van der Waals surface area (Å²) in [6, 6.07) is 9.42. The number of benzene rings is 2. The lowest BCUT2D eigenvalue weighted by atomic mass is 9.95. The molecule has 1 heterocycles. The van der Waals surface area contributed by atoms with E-state index in [-0.39, 0.29) is 29.1 Å². The van der Waals surface area contributed by atoms with Gasteiger partial charge in [0.2, 0.25) is 0 Å². The van der Waals surface area contributed by atoms with E-state index in [2.05, 4.69) is 4.90 Å². The van der Waals surface area contributed by atoms with E-state index in [9.17, 15) is 34.9 Å². The summed E-state index contributed by atoms with van der Waals surface area (Å²) < 4.78 is 0. The number of carbonyl (C=O) groups excluding carboxylic acids is 2. The van der Waals surface area contributed by atoms with E-state index in [4.69, 9.17) is 0 Å². The number of carbonyl (C=O) groups is 2. The molecule has 1 saturated heterocycles. The lowest BCUT2D eigenvalue weighted by Gasteiger charge is -2.28. The number of likely N-dealkylation sites (tertiary alicyclic amines) is 1. The van der Waals surface area contributed by atoms with Crippen LogP contribution in [0.25, 0.3) is 5.76 Å². The third kappa shape index (κ3) is 4.79. The fraction of sp³-hybridized carbons (Fsp3) is 0.304. The third-order valence-electron chi connectivity index (χ3n) is 5.84. The number of amides is 1. The number of hydrogen-bond acceptors (Lipinski definition) is 8. The molecule has 0 aromatic heterocycles. The average Bonchev–Trinajstić information content (AvgIpc) is 3.09. The van der Waals surface area contributed by atoms with Crippen molar-refractivity contribution in [3.8, 4) is 0 Å². The Morgan fingerprint density at radius 3 is 2.18 bits per heavy atom. The molecule has 1 amide bonds. The van der Waals surface area contributed by atoms with Gasteiger partial charge < -0.3 is 14.9 Å². The minimum atomic E-state index is -1.05. The summed E-state index contributed by atoms with van der Waals surface area (Å²) in [5.41, 5.74) is -0.230. The van der Waals surface area contributed by atoms with Crippen molar-refractivity contribution in [3.63, 3.8) is 0 Å². The molecule has 3 rings (SSSR count). The molecular formula is C23H24N4O7. The van der Waals surface area contributed by atoms with Crippen molar-refractivity contribution < 1.29 is 24.5 Å². The van der Waals surface area contributed by atoms with E-state index in [1.165, 1.54) is 47.4 Å². The van der Waals surface area contributed by atoms with Crippen molar-refractivity contribution in [1.29, 1.82) is 0 Å². The molecule has 11 nitrogen and oxygen atoms in total. The Morgan fingerprint density at radius 2 is 1.62 bits per heavy atom. The van der Waals surface area contributed by atoms with E-state index in [1.54, 1.807) is 6.07 Å². The summed E-state index contributed by atoms with van der Waals surface area (Å²) in [4.78, 5) is 50.5. The molecule has 2 aromatic rings. The Labute approximate surface area is 195 Å². The second kappa shape index (κ2) is 10.2. The molecule has 0 bridgehead atoms. The number of likely N-dealkylation sites (N-methyl/N-ethyl adjacent to an activating group) is 1. The topological polar surface area (TPSA) is 147 Å². The molecule has 1 fully saturated rings. The van der Waals surface area contributed by atoms with Crippen LogP contribution in [0.15, 0.2) is 54.1 Å². The van der Waals surface area contributed by atoms with Gasteiger partial charge in [0.15, 0.2) is 0 Å². The maximum atomic E-state index is 13.0. The van der Waals surface area contributed by atoms with Gasteiger partial charge in [-0.2, -0.15) is 0 Å². The fourth-order valence-corrected chi connectivity index (χ4v) is 3.95. The van der Waals surface area contributed by atoms with Gasteiger partial charge in [0, 0.05) is 42.9 Å². The van der Waals surface area contributed by atoms with E-state index in [0.717, 1.165) is 13.1 Å². The fourth-order valence-electron chi connectivity index (χ4n) is 3.95. The highest BCUT2D eigenvalue weighted by atomic mass is 16.6. The zero-order valence-electron chi connectivity index (χ0n) is 18.7. The lowest BCUT2D eigenvalue weighted by molar-refractivity contribution is -0.385. The maximum Gasteiger partial charge on any atom is 0.295 e. The largest absolute Gasteiger partial charge is 0.507 e. The number of Topliss-reactive ketones (excluding diaryl/α,β-unsaturated/α-hetero) is 1. The van der Waals surface area contributed by atoms with Gasteiger partial charge in [-0.25, -0.2) is 0 Å². The molecule has 0 saturated carbocycles. The minimum absolute atomic E-state index is 0.114. The van der Waals surface area contributed by atoms with Crippen molar-refractivity contribution in [2.45, 2.75) is 19.9 Å². The third-order valence-corrected chi connectivity index (χ3v) is 5.84. The first-order valence-electron chi connectivity index (χ1n) is 10.7. The van der Waals surface area contributed by atoms with Crippen molar-refractivity contribution >= 4 is 28.8 Å². The van der Waals surface area contributed by atoms with Gasteiger partial charge >= 0.3 is 0 Å². The predicted molar refractivity (Wildman–Crippen MR) is 123 cm³/mol. The second-order valence-electron chi connectivity index (χ2n) is 7.68. The van der Waals surface area contributed by atoms with Crippen LogP contribution in [0.2, 0.25) is 0 Å². The standard InChI is InChI=1S/C23H24N4O7/c1-3-24(4-2)12-13-25-20(16-6-5-7-18(14-16)27(33)34)19(22(29)23(25)30)21(28)15-8-10-17(11-9-15)26(31)32/h5-11,14,20,28H,3-4,12-13H2,1-2H3/t20-/m0/s1. The Morgan fingerprint density at radius 1 is 1.00 bits per heavy atom. The molecule has 0 radical (unpaired) electrons. The molecule has 11 heteroatoms. The Kier molecular flexibility index (Phi) is 7.37. The number of ketones is 1. The van der Waals surface area contributed by atoms with Gasteiger partial charge in [-0.15, -0.1) is 0 Å². The summed E-state index contributed by atoms with van der Waals surface area (Å²) in [5.74, 6) is -2.26. The second-order valence-corrected chi connectivity index (χ2v) is 7.68. The van der Waals surface area contributed by atoms with Crippen molar-refractivity contribution in [3.05, 3.63) is 85.5 Å². The van der Waals surface area contributed by atoms with E-state index < -0.39 is 33.3 Å². The van der Waals surface area contributed by atoms with Crippen LogP contribution in [0.5, 0.6) is 0 Å². The van der Waals surface area contributed by atoms with Crippen molar-refractivity contribution in [2.24, 2.45) is 0 Å². The number of rotatable bonds is 9. The summed E-state index contributed by atoms with van der Waals surface area (Å²) in [7, 11) is 0. The minimum Gasteiger partial charge on any atom is -0.507 e. The molecular weight excluding hydrogens is 444 g/mol. The van der Waals surface area contributed by atoms with Crippen molar-refractivity contribution in [1.82, 2.24) is 9.80 Å². The molecule has 178 valence electrons. The Hall–Kier alpha value is -4.12. The zero-order valence-corrected chi connectivity index (χ0v) is 18.7. The van der Waals surface area contributed by atoms with Crippen LogP contribution in [0, 0.1) is 20.2 Å². The SMILES string of the molecule is CCN(CC)CCN1C(=O)C(=O)C(=C(O)c2ccc([N+](=O)[O-])cc2)[C@@H]1c1cccc([N+](=O)[O-])c1. The number of nitro groups is 2. The highest BCUT2D eigenvalue weighted by Gasteiger charge is 2.46. The molecule has 1 aliphatic rings. The molecule has 1 atom stereocenters. The summed E-state index contributed by atoms with van der Waals surface area (Å²) in [6.07, 6.45) is 0. The lowest BCUT2D eigenvalue weighted by Crippen LogP contribution is -2.38. The molecule has 2 aromatic carbocycles. The normalized spacial score (nSPS) is 17.4. The number of nitro benzene ring substituents is 2. The zero-order chi connectivity index (χ0) is 25.0. The van der Waals surface area contributed by atoms with Gasteiger partial charge in [-0.05, 0) is 30.8 Å². The first kappa shape index (κ1) is 24.5. The first-order chi connectivity index (χ1) is 16.2. The summed E-state index contributed by atoms with van der Waals surface area (Å²) in [5, 5.41) is 33.3. The number of hydrogen-bond donors (Lipinski definition) is 1. The molecule has 0 aliphatic carbocycles. The number of aliphatic hydroxyl groups is 1. The van der Waals surface area contributed by atoms with Crippen LogP contribution in [0.1, 0.15) is 31.0 Å². The van der Waals surface area contributed by atoms with Crippen LogP contribution in [0.3, 0.4) is 0 Å². The number of non-ortho nitro benzene ring substituents is 2. The summed E-state index contributed by atoms with van der Waals surface area (Å²) in [6.45, 7) is 6.00. The van der Waals surface area contributed by atoms with Gasteiger partial charge in [-0.3, -0.25) is 29.8 Å². The summed E-state index contributed by atoms with van der Waals surface area (Å²) >= 11 is 0. The van der Waals surface area contributed by atoms with Gasteiger partial charge in [-0.1, -0.05) is 26.0 Å². The quantitative estimate of drug-likeness (QED) is 0.194. The Bertz CT molecular complexity index is 1160. The Balaban J connectivity index is 2.13. The highest BCUT2D eigenvalue weighted by molar-refractivity contribution is 6.46. The first-order valence-corrected chi connectivity index (χ1v) is 10.7. The van der Waals surface area contributed by atoms with Crippen LogP contribution < -0.4 is 0 Å². The van der Waals surface area contributed by atoms with Gasteiger partial charge in [0.05, 0.1) is 21.5 Å². The van der Waals surface area contributed by atoms with Crippen LogP contribution in [-0.4, -0.2) is 62.6 Å². The molecule has 0 spiro atoms. The monoisotopic (exact) mass is 468 g/mol. The van der Waals surface area contributed by atoms with E-state index in [1.807, 2.05) is 13.8 Å². The van der Waals surface area contributed by atoms with E-state index >= 15 is 0 Å². The molecule has 1 N–H and O–H groups in total. The van der Waals surface area contributed by atoms with Crippen LogP contribution in [0.4, 0.5) is 11.4 Å². The number of aliphatic hydroxyl groups excluding tert-OH is 1. The van der Waals surface area contributed by atoms with Crippen LogP contribution >= 0.6 is 0 Å². The number of nitrogens with zero attached hydrogens (tertiary/aromatic N) is 4. The van der Waals surface area contributed by atoms with Gasteiger partial charge in [0.1, 0.15) is 5.76 Å². The molecule has 0 unspecified atom stereocenters. The van der Waals surface area contributed by atoms with Gasteiger partial charge in [0.25, 0.3) is 23.1 Å². The maximum absolute atomic E-state index is 13.0. The average molecular weight is 468 g/mol.